The van der Waals surface area contributed by atoms with E-state index in [9.17, 15) is 0 Å². The smallest absolute Gasteiger partial charge is 0.235 e. The summed E-state index contributed by atoms with van der Waals surface area (Å²) in [4.78, 5) is 10.6. The third kappa shape index (κ3) is 3.69. The highest BCUT2D eigenvalue weighted by Gasteiger charge is 2.22. The van der Waals surface area contributed by atoms with Crippen LogP contribution in [-0.2, 0) is 0 Å². The molecule has 0 aliphatic carbocycles. The molecule has 4 aromatic heterocycles. The van der Waals surface area contributed by atoms with E-state index in [0.717, 1.165) is 27.7 Å². The number of fused-ring (bicyclic) bond motifs is 10. The van der Waals surface area contributed by atoms with Gasteiger partial charge in [-0.05, 0) is 29.3 Å². The van der Waals surface area contributed by atoms with Crippen molar-refractivity contribution in [1.82, 2.24) is 14.5 Å². The first kappa shape index (κ1) is 25.0. The van der Waals surface area contributed by atoms with Gasteiger partial charge in [0.15, 0.2) is 0 Å². The number of nitrogens with zero attached hydrogens (tertiary/aromatic N) is 3. The molecule has 0 fully saturated rings. The summed E-state index contributed by atoms with van der Waals surface area (Å²) in [5.74, 6) is 0.691. The SMILES string of the molecule is c1ccc(-c2ccc(-c3nc(-n4c5ccccc5c5ccc6c(sc7sc8ccccc8c76)c54)nc4ccccc34)cc2)cc1. The van der Waals surface area contributed by atoms with Crippen molar-refractivity contribution in [1.29, 1.82) is 0 Å². The van der Waals surface area contributed by atoms with Crippen LogP contribution in [0.15, 0.2) is 140 Å². The molecule has 10 rings (SSSR count). The maximum absolute atomic E-state index is 5.37. The molecule has 0 amide bonds. The predicted octanol–water partition coefficient (Wildman–Crippen LogP) is 11.6. The van der Waals surface area contributed by atoms with Crippen LogP contribution in [0, 0.1) is 0 Å². The van der Waals surface area contributed by atoms with Crippen LogP contribution >= 0.6 is 22.7 Å². The largest absolute Gasteiger partial charge is 0.276 e. The van der Waals surface area contributed by atoms with Crippen LogP contribution in [0.3, 0.4) is 0 Å². The second-order valence-corrected chi connectivity index (χ2v) is 13.7. The van der Waals surface area contributed by atoms with Crippen molar-refractivity contribution in [3.05, 3.63) is 140 Å². The van der Waals surface area contributed by atoms with Crippen LogP contribution in [-0.4, -0.2) is 14.5 Å². The van der Waals surface area contributed by atoms with E-state index in [1.807, 2.05) is 22.7 Å². The number of rotatable bonds is 3. The average molecular weight is 610 g/mol. The topological polar surface area (TPSA) is 30.7 Å². The number of benzene rings is 6. The van der Waals surface area contributed by atoms with E-state index in [1.54, 1.807) is 0 Å². The van der Waals surface area contributed by atoms with Crippen LogP contribution in [0.4, 0.5) is 0 Å². The highest BCUT2D eigenvalue weighted by molar-refractivity contribution is 7.45. The Hall–Kier alpha value is -5.36. The molecule has 5 heteroatoms. The summed E-state index contributed by atoms with van der Waals surface area (Å²) in [5.41, 5.74) is 7.62. The standard InChI is InChI=1S/C40H23N3S2/c1-2-10-24(11-3-1)25-18-20-26(21-19-25)36-29-13-4-7-15-32(29)41-40(42-36)43-33-16-8-5-12-27(33)28-22-23-31-35-30-14-6-9-17-34(30)44-39(35)45-38(31)37(28)43/h1-23H. The Morgan fingerprint density at radius 2 is 1.13 bits per heavy atom. The van der Waals surface area contributed by atoms with Crippen LogP contribution < -0.4 is 0 Å². The zero-order chi connectivity index (χ0) is 29.5. The summed E-state index contributed by atoms with van der Waals surface area (Å²) in [5, 5.41) is 7.45. The summed E-state index contributed by atoms with van der Waals surface area (Å²) in [6, 6.07) is 49.6. The zero-order valence-electron chi connectivity index (χ0n) is 23.9. The zero-order valence-corrected chi connectivity index (χ0v) is 25.6. The van der Waals surface area contributed by atoms with Crippen molar-refractivity contribution >= 4 is 85.0 Å². The Bertz CT molecular complexity index is 2750. The first-order valence-corrected chi connectivity index (χ1v) is 16.6. The molecule has 0 aliphatic heterocycles. The minimum Gasteiger partial charge on any atom is -0.276 e. The van der Waals surface area contributed by atoms with E-state index in [1.165, 1.54) is 57.0 Å². The number of thiophene rings is 2. The number of hydrogen-bond donors (Lipinski definition) is 0. The second-order valence-electron chi connectivity index (χ2n) is 11.4. The fourth-order valence-electron chi connectivity index (χ4n) is 6.81. The van der Waals surface area contributed by atoms with Crippen LogP contribution in [0.5, 0.6) is 0 Å². The predicted molar refractivity (Wildman–Crippen MR) is 193 cm³/mol. The van der Waals surface area contributed by atoms with E-state index in [-0.39, 0.29) is 0 Å². The third-order valence-electron chi connectivity index (χ3n) is 8.87. The van der Waals surface area contributed by atoms with Crippen molar-refractivity contribution in [2.24, 2.45) is 0 Å². The van der Waals surface area contributed by atoms with E-state index < -0.39 is 0 Å². The molecular formula is C40H23N3S2. The van der Waals surface area contributed by atoms with Gasteiger partial charge in [-0.3, -0.25) is 4.57 Å². The van der Waals surface area contributed by atoms with E-state index in [0.29, 0.717) is 5.95 Å². The first-order valence-electron chi connectivity index (χ1n) is 15.0. The molecule has 10 aromatic rings. The lowest BCUT2D eigenvalue weighted by Gasteiger charge is -2.12. The van der Waals surface area contributed by atoms with Gasteiger partial charge in [0.05, 0.1) is 31.0 Å². The van der Waals surface area contributed by atoms with Crippen LogP contribution in [0.1, 0.15) is 0 Å². The Morgan fingerprint density at radius 3 is 2.00 bits per heavy atom. The van der Waals surface area contributed by atoms with Crippen LogP contribution in [0.2, 0.25) is 0 Å². The average Bonchev–Trinajstić information content (AvgIpc) is 3.76. The normalized spacial score (nSPS) is 12.0. The summed E-state index contributed by atoms with van der Waals surface area (Å²) >= 11 is 3.77. The van der Waals surface area contributed by atoms with Gasteiger partial charge >= 0.3 is 0 Å². The van der Waals surface area contributed by atoms with E-state index in [2.05, 4.69) is 144 Å². The van der Waals surface area contributed by atoms with Gasteiger partial charge in [0.1, 0.15) is 0 Å². The molecule has 0 atom stereocenters. The van der Waals surface area contributed by atoms with Gasteiger partial charge in [-0.15, -0.1) is 22.7 Å². The molecule has 4 heterocycles. The molecule has 0 bridgehead atoms. The monoisotopic (exact) mass is 609 g/mol. The van der Waals surface area contributed by atoms with Gasteiger partial charge in [-0.1, -0.05) is 121 Å². The van der Waals surface area contributed by atoms with Crippen molar-refractivity contribution in [2.75, 3.05) is 0 Å². The number of para-hydroxylation sites is 2. The number of aromatic nitrogens is 3. The van der Waals surface area contributed by atoms with Crippen molar-refractivity contribution in [2.45, 2.75) is 0 Å². The molecule has 0 N–H and O–H groups in total. The Kier molecular flexibility index (Phi) is 5.32. The summed E-state index contributed by atoms with van der Waals surface area (Å²) < 4.78 is 6.27. The summed E-state index contributed by atoms with van der Waals surface area (Å²) in [7, 11) is 0. The maximum atomic E-state index is 5.37. The molecular weight excluding hydrogens is 587 g/mol. The first-order chi connectivity index (χ1) is 22.3. The van der Waals surface area contributed by atoms with E-state index >= 15 is 0 Å². The van der Waals surface area contributed by atoms with Crippen LogP contribution in [0.25, 0.3) is 90.6 Å². The minimum absolute atomic E-state index is 0.691. The molecule has 0 unspecified atom stereocenters. The minimum atomic E-state index is 0.691. The van der Waals surface area contributed by atoms with Crippen molar-refractivity contribution in [3.63, 3.8) is 0 Å². The molecule has 0 saturated heterocycles. The van der Waals surface area contributed by atoms with Gasteiger partial charge in [-0.2, -0.15) is 0 Å². The highest BCUT2D eigenvalue weighted by Crippen LogP contribution is 2.48. The quantitative estimate of drug-likeness (QED) is 0.199. The fourth-order valence-corrected chi connectivity index (χ4v) is 9.53. The van der Waals surface area contributed by atoms with Gasteiger partial charge < -0.3 is 0 Å². The second kappa shape index (κ2) is 9.57. The molecule has 6 aromatic carbocycles. The lowest BCUT2D eigenvalue weighted by molar-refractivity contribution is 1.02. The Balaban J connectivity index is 1.27. The molecule has 0 radical (unpaired) electrons. The van der Waals surface area contributed by atoms with Gasteiger partial charge in [0, 0.05) is 42.6 Å². The third-order valence-corrected chi connectivity index (χ3v) is 11.3. The lowest BCUT2D eigenvalue weighted by atomic mass is 10.0. The molecule has 210 valence electrons. The lowest BCUT2D eigenvalue weighted by Crippen LogP contribution is -2.03. The van der Waals surface area contributed by atoms with Crippen molar-refractivity contribution < 1.29 is 0 Å². The van der Waals surface area contributed by atoms with Gasteiger partial charge in [0.25, 0.3) is 0 Å². The van der Waals surface area contributed by atoms with E-state index in [4.69, 9.17) is 9.97 Å². The molecule has 45 heavy (non-hydrogen) atoms. The number of hydrogen-bond acceptors (Lipinski definition) is 4. The molecule has 0 spiro atoms. The van der Waals surface area contributed by atoms with Gasteiger partial charge in [0.2, 0.25) is 5.95 Å². The summed E-state index contributed by atoms with van der Waals surface area (Å²) in [6.45, 7) is 0. The Morgan fingerprint density at radius 1 is 0.467 bits per heavy atom. The Labute approximate surface area is 266 Å². The molecule has 3 nitrogen and oxygen atoms in total. The summed E-state index contributed by atoms with van der Waals surface area (Å²) in [6.07, 6.45) is 0. The molecule has 0 aliphatic rings. The molecule has 0 saturated carbocycles. The highest BCUT2D eigenvalue weighted by atomic mass is 32.2. The maximum Gasteiger partial charge on any atom is 0.235 e. The van der Waals surface area contributed by atoms with Crippen molar-refractivity contribution in [3.8, 4) is 28.3 Å². The fraction of sp³-hybridized carbons (Fsp3) is 0. The van der Waals surface area contributed by atoms with Gasteiger partial charge in [-0.25, -0.2) is 9.97 Å².